The molecule has 5 nitrogen and oxygen atoms in total. The van der Waals surface area contributed by atoms with Crippen molar-refractivity contribution in [2.24, 2.45) is 0 Å². The van der Waals surface area contributed by atoms with Crippen molar-refractivity contribution in [3.63, 3.8) is 0 Å². The molecule has 0 bridgehead atoms. The summed E-state index contributed by atoms with van der Waals surface area (Å²) < 4.78 is 0. The van der Waals surface area contributed by atoms with Crippen molar-refractivity contribution in [2.75, 3.05) is 25.0 Å². The van der Waals surface area contributed by atoms with E-state index in [-0.39, 0.29) is 18.4 Å². The van der Waals surface area contributed by atoms with Gasteiger partial charge in [0.25, 0.3) is 11.8 Å². The fraction of sp³-hybridized carbons (Fsp3) is 0.538. The van der Waals surface area contributed by atoms with Crippen LogP contribution in [0.1, 0.15) is 91.8 Å². The first-order valence-corrected chi connectivity index (χ1v) is 12.0. The van der Waals surface area contributed by atoms with Crippen molar-refractivity contribution in [2.45, 2.75) is 71.1 Å². The Kier molecular flexibility index (Phi) is 8.89. The van der Waals surface area contributed by atoms with Gasteiger partial charge < -0.3 is 10.4 Å². The Morgan fingerprint density at radius 1 is 0.806 bits per heavy atom. The molecule has 2 aromatic carbocycles. The second kappa shape index (κ2) is 11.8. The second-order valence-electron chi connectivity index (χ2n) is 8.48. The van der Waals surface area contributed by atoms with Crippen LogP contribution in [0.2, 0.25) is 0 Å². The number of carbonyl (C=O) groups excluding carboxylic acids is 2. The summed E-state index contributed by atoms with van der Waals surface area (Å²) in [5.41, 5.74) is 2.01. The van der Waals surface area contributed by atoms with Crippen LogP contribution < -0.4 is 5.32 Å². The van der Waals surface area contributed by atoms with Crippen molar-refractivity contribution in [1.29, 1.82) is 0 Å². The van der Waals surface area contributed by atoms with Gasteiger partial charge in [-0.05, 0) is 24.6 Å². The number of nitrogens with zero attached hydrogens (tertiary/aromatic N) is 1. The molecule has 1 heterocycles. The zero-order valence-corrected chi connectivity index (χ0v) is 18.8. The first kappa shape index (κ1) is 23.3. The number of benzene rings is 2. The first-order chi connectivity index (χ1) is 15.2. The number of rotatable bonds is 14. The number of carbonyl (C=O) groups is 2. The predicted octanol–water partition coefficient (Wildman–Crippen LogP) is 5.76. The number of anilines is 1. The molecule has 0 aromatic heterocycles. The van der Waals surface area contributed by atoms with Crippen LogP contribution in [0.15, 0.2) is 30.3 Å². The molecular weight excluding hydrogens is 388 g/mol. The maximum atomic E-state index is 13.1. The average Bonchev–Trinajstić information content (AvgIpc) is 2.79. The maximum Gasteiger partial charge on any atom is 0.261 e. The van der Waals surface area contributed by atoms with Crippen LogP contribution in [0, 0.1) is 0 Å². The van der Waals surface area contributed by atoms with Gasteiger partial charge in [0.2, 0.25) is 0 Å². The average molecular weight is 425 g/mol. The third-order valence-corrected chi connectivity index (χ3v) is 6.15. The molecule has 0 radical (unpaired) electrons. The zero-order valence-electron chi connectivity index (χ0n) is 18.8. The highest BCUT2D eigenvalue weighted by Crippen LogP contribution is 2.34. The topological polar surface area (TPSA) is 69.6 Å². The second-order valence-corrected chi connectivity index (χ2v) is 8.48. The van der Waals surface area contributed by atoms with Crippen molar-refractivity contribution in [3.05, 3.63) is 41.5 Å². The van der Waals surface area contributed by atoms with Gasteiger partial charge in [-0.3, -0.25) is 14.5 Å². The third kappa shape index (κ3) is 5.65. The maximum absolute atomic E-state index is 13.1. The van der Waals surface area contributed by atoms with E-state index in [9.17, 15) is 9.59 Å². The lowest BCUT2D eigenvalue weighted by molar-refractivity contribution is 0.0607. The van der Waals surface area contributed by atoms with Gasteiger partial charge in [0.05, 0.1) is 6.61 Å². The fourth-order valence-electron chi connectivity index (χ4n) is 4.45. The van der Waals surface area contributed by atoms with Crippen LogP contribution in [0.25, 0.3) is 10.8 Å². The zero-order chi connectivity index (χ0) is 22.1. The summed E-state index contributed by atoms with van der Waals surface area (Å²) in [6.07, 6.45) is 12.2. The number of aliphatic hydroxyl groups excluding tert-OH is 1. The predicted molar refractivity (Wildman–Crippen MR) is 127 cm³/mol. The Hall–Kier alpha value is -2.40. The quantitative estimate of drug-likeness (QED) is 0.299. The van der Waals surface area contributed by atoms with Crippen molar-refractivity contribution in [3.8, 4) is 0 Å². The van der Waals surface area contributed by atoms with Crippen LogP contribution in [0.4, 0.5) is 5.69 Å². The van der Waals surface area contributed by atoms with E-state index in [1.54, 1.807) is 6.07 Å². The van der Waals surface area contributed by atoms with Gasteiger partial charge in [-0.1, -0.05) is 76.8 Å². The number of unbranched alkanes of at least 4 members (excludes halogenated alkanes) is 9. The lowest BCUT2D eigenvalue weighted by atomic mass is 9.92. The lowest BCUT2D eigenvalue weighted by Gasteiger charge is -2.28. The van der Waals surface area contributed by atoms with Gasteiger partial charge in [0.15, 0.2) is 0 Å². The van der Waals surface area contributed by atoms with E-state index in [4.69, 9.17) is 5.11 Å². The molecule has 1 aliphatic heterocycles. The Bertz CT molecular complexity index is 871. The molecule has 0 saturated carbocycles. The van der Waals surface area contributed by atoms with E-state index in [1.807, 2.05) is 24.3 Å². The summed E-state index contributed by atoms with van der Waals surface area (Å²) in [6.45, 7) is 3.16. The van der Waals surface area contributed by atoms with Crippen LogP contribution in [-0.2, 0) is 0 Å². The summed E-state index contributed by atoms with van der Waals surface area (Å²) in [7, 11) is 0. The number of amides is 2. The molecule has 3 rings (SSSR count). The van der Waals surface area contributed by atoms with Crippen molar-refractivity contribution in [1.82, 2.24) is 4.90 Å². The van der Waals surface area contributed by atoms with E-state index >= 15 is 0 Å². The molecular formula is C26H36N2O3. The fourth-order valence-corrected chi connectivity index (χ4v) is 4.45. The van der Waals surface area contributed by atoms with E-state index in [2.05, 4.69) is 12.2 Å². The van der Waals surface area contributed by atoms with E-state index in [0.717, 1.165) is 35.7 Å². The van der Waals surface area contributed by atoms with Gasteiger partial charge in [-0.15, -0.1) is 0 Å². The van der Waals surface area contributed by atoms with Crippen LogP contribution in [-0.4, -0.2) is 41.5 Å². The van der Waals surface area contributed by atoms with Gasteiger partial charge in [-0.2, -0.15) is 0 Å². The Morgan fingerprint density at radius 2 is 1.42 bits per heavy atom. The van der Waals surface area contributed by atoms with Gasteiger partial charge >= 0.3 is 0 Å². The van der Waals surface area contributed by atoms with E-state index in [1.165, 1.54) is 49.8 Å². The van der Waals surface area contributed by atoms with E-state index < -0.39 is 0 Å². The Labute approximate surface area is 185 Å². The number of hydrogen-bond acceptors (Lipinski definition) is 4. The largest absolute Gasteiger partial charge is 0.395 e. The summed E-state index contributed by atoms with van der Waals surface area (Å²) in [4.78, 5) is 27.6. The number of nitrogens with one attached hydrogen (secondary N) is 1. The van der Waals surface area contributed by atoms with E-state index in [0.29, 0.717) is 24.2 Å². The Balaban J connectivity index is 1.56. The van der Waals surface area contributed by atoms with Gasteiger partial charge in [0.1, 0.15) is 0 Å². The molecule has 0 saturated heterocycles. The Morgan fingerprint density at radius 3 is 2.06 bits per heavy atom. The van der Waals surface area contributed by atoms with Crippen molar-refractivity contribution >= 4 is 28.3 Å². The normalized spacial score (nSPS) is 13.3. The molecule has 5 heteroatoms. The van der Waals surface area contributed by atoms with Crippen LogP contribution in [0.3, 0.4) is 0 Å². The van der Waals surface area contributed by atoms with Gasteiger partial charge in [0, 0.05) is 40.7 Å². The van der Waals surface area contributed by atoms with Crippen LogP contribution in [0.5, 0.6) is 0 Å². The lowest BCUT2D eigenvalue weighted by Crippen LogP contribution is -2.40. The van der Waals surface area contributed by atoms with Gasteiger partial charge in [-0.25, -0.2) is 0 Å². The monoisotopic (exact) mass is 424 g/mol. The number of imide groups is 1. The smallest absolute Gasteiger partial charge is 0.261 e. The van der Waals surface area contributed by atoms with Crippen LogP contribution >= 0.6 is 0 Å². The van der Waals surface area contributed by atoms with Crippen molar-refractivity contribution < 1.29 is 14.7 Å². The molecule has 0 atom stereocenters. The molecule has 2 aromatic rings. The minimum Gasteiger partial charge on any atom is -0.395 e. The minimum atomic E-state index is -0.196. The standard InChI is InChI=1S/C26H36N2O3/c1-2-3-4-5-6-7-8-9-10-11-18-28-25(30)21-14-12-13-20-23(27-17-19-29)16-15-22(24(20)21)26(28)31/h12-16,27,29H,2-11,17-19H2,1H3. The molecule has 2 N–H and O–H groups in total. The highest BCUT2D eigenvalue weighted by molar-refractivity contribution is 6.26. The summed E-state index contributed by atoms with van der Waals surface area (Å²) in [5.74, 6) is -0.392. The summed E-state index contributed by atoms with van der Waals surface area (Å²) in [6, 6.07) is 9.25. The highest BCUT2D eigenvalue weighted by atomic mass is 16.3. The first-order valence-electron chi connectivity index (χ1n) is 12.0. The molecule has 0 aliphatic carbocycles. The molecule has 2 amide bonds. The molecule has 0 fully saturated rings. The summed E-state index contributed by atoms with van der Waals surface area (Å²) in [5, 5.41) is 13.8. The molecule has 0 unspecified atom stereocenters. The molecule has 0 spiro atoms. The number of aliphatic hydroxyl groups is 1. The number of hydrogen-bond donors (Lipinski definition) is 2. The minimum absolute atomic E-state index is 0.0213. The summed E-state index contributed by atoms with van der Waals surface area (Å²) >= 11 is 0. The highest BCUT2D eigenvalue weighted by Gasteiger charge is 2.32. The molecule has 168 valence electrons. The molecule has 31 heavy (non-hydrogen) atoms. The molecule has 1 aliphatic rings. The SMILES string of the molecule is CCCCCCCCCCCCN1C(=O)c2cccc3c(NCCO)ccc(c23)C1=O. The third-order valence-electron chi connectivity index (χ3n) is 6.15.